The summed E-state index contributed by atoms with van der Waals surface area (Å²) >= 11 is 0. The first-order valence-corrected chi connectivity index (χ1v) is 10.9. The predicted octanol–water partition coefficient (Wildman–Crippen LogP) is 1.19. The first-order valence-electron chi connectivity index (χ1n) is 9.01. The van der Waals surface area contributed by atoms with Crippen LogP contribution >= 0.6 is 0 Å². The molecule has 3 saturated heterocycles. The minimum Gasteiger partial charge on any atom is -0.338 e. The molecule has 1 aromatic rings. The maximum absolute atomic E-state index is 13.1. The molecule has 0 aromatic heterocycles. The van der Waals surface area contributed by atoms with Gasteiger partial charge in [-0.3, -0.25) is 9.69 Å². The molecule has 0 radical (unpaired) electrons. The number of nitrogens with zero attached hydrogens (tertiary/aromatic N) is 2. The highest BCUT2D eigenvalue weighted by Gasteiger charge is 2.36. The average molecular weight is 383 g/mol. The summed E-state index contributed by atoms with van der Waals surface area (Å²) in [5.74, 6) is 0.213. The summed E-state index contributed by atoms with van der Waals surface area (Å²) in [5, 5.41) is 0. The number of rotatable bonds is 6. The summed E-state index contributed by atoms with van der Waals surface area (Å²) < 4.78 is 37.7. The van der Waals surface area contributed by atoms with Gasteiger partial charge in [0.05, 0.1) is 6.26 Å². The monoisotopic (exact) mass is 383 g/mol. The number of carbonyl (C=O) groups is 1. The third-order valence-corrected chi connectivity index (χ3v) is 5.86. The van der Waals surface area contributed by atoms with Crippen LogP contribution in [0.1, 0.15) is 24.8 Å². The Bertz CT molecular complexity index is 739. The highest BCUT2D eigenvalue weighted by Crippen LogP contribution is 2.29. The van der Waals surface area contributed by atoms with E-state index in [4.69, 9.17) is 0 Å². The van der Waals surface area contributed by atoms with E-state index in [1.807, 2.05) is 17.0 Å². The summed E-state index contributed by atoms with van der Waals surface area (Å²) in [7, 11) is -3.27. The Morgan fingerprint density at radius 1 is 1.19 bits per heavy atom. The van der Waals surface area contributed by atoms with Crippen LogP contribution in [0.15, 0.2) is 24.3 Å². The fourth-order valence-electron chi connectivity index (χ4n) is 3.95. The molecule has 26 heavy (non-hydrogen) atoms. The fourth-order valence-corrected chi connectivity index (χ4v) is 4.42. The lowest BCUT2D eigenvalue weighted by molar-refractivity contribution is -0.135. The Morgan fingerprint density at radius 3 is 2.62 bits per heavy atom. The summed E-state index contributed by atoms with van der Waals surface area (Å²) in [6, 6.07) is 6.74. The number of amides is 1. The molecule has 1 amide bonds. The standard InChI is InChI=1S/C18H26FN3O3S/c1-26(24,25)20-9-8-18(23)22-12-15-4-7-17(22)13-21(11-15)10-14-2-5-16(19)6-3-14/h2-3,5-6,15,17,20H,4,7-13H2,1H3/t15-,17+/m0/s1. The molecule has 3 fully saturated rings. The van der Waals surface area contributed by atoms with Crippen molar-refractivity contribution in [2.45, 2.75) is 31.8 Å². The number of sulfonamides is 1. The van der Waals surface area contributed by atoms with Gasteiger partial charge in [-0.2, -0.15) is 0 Å². The number of fused-ring (bicyclic) bond motifs is 4. The van der Waals surface area contributed by atoms with Crippen molar-refractivity contribution in [3.63, 3.8) is 0 Å². The van der Waals surface area contributed by atoms with E-state index in [0.29, 0.717) is 5.92 Å². The van der Waals surface area contributed by atoms with Gasteiger partial charge in [0, 0.05) is 45.2 Å². The quantitative estimate of drug-likeness (QED) is 0.801. The van der Waals surface area contributed by atoms with Gasteiger partial charge in [-0.1, -0.05) is 12.1 Å². The van der Waals surface area contributed by atoms with Gasteiger partial charge < -0.3 is 4.90 Å². The van der Waals surface area contributed by atoms with Crippen LogP contribution in [0.25, 0.3) is 0 Å². The van der Waals surface area contributed by atoms with E-state index >= 15 is 0 Å². The van der Waals surface area contributed by atoms with Crippen LogP contribution < -0.4 is 4.72 Å². The number of carbonyl (C=O) groups excluding carboxylic acids is 1. The number of nitrogens with one attached hydrogen (secondary N) is 1. The van der Waals surface area contributed by atoms with Gasteiger partial charge in [-0.25, -0.2) is 17.5 Å². The first-order chi connectivity index (χ1) is 12.3. The molecular weight excluding hydrogens is 357 g/mol. The Labute approximate surface area is 154 Å². The van der Waals surface area contributed by atoms with Crippen molar-refractivity contribution in [2.24, 2.45) is 5.92 Å². The van der Waals surface area contributed by atoms with E-state index in [2.05, 4.69) is 9.62 Å². The SMILES string of the molecule is CS(=O)(=O)NCCC(=O)N1C[C@H]2CC[C@@H]1CN(Cc1ccc(F)cc1)C2. The van der Waals surface area contributed by atoms with E-state index in [1.165, 1.54) is 12.1 Å². The molecular formula is C18H26FN3O3S. The second kappa shape index (κ2) is 8.02. The van der Waals surface area contributed by atoms with Crippen molar-refractivity contribution in [3.8, 4) is 0 Å². The Morgan fingerprint density at radius 2 is 1.92 bits per heavy atom. The predicted molar refractivity (Wildman–Crippen MR) is 97.4 cm³/mol. The Kier molecular flexibility index (Phi) is 5.94. The number of piperidine rings is 1. The third-order valence-electron chi connectivity index (χ3n) is 5.13. The molecule has 3 aliphatic heterocycles. The van der Waals surface area contributed by atoms with Gasteiger partial charge in [0.25, 0.3) is 0 Å². The molecule has 0 saturated carbocycles. The molecule has 3 heterocycles. The number of hydrogen-bond donors (Lipinski definition) is 1. The second-order valence-electron chi connectivity index (χ2n) is 7.38. The zero-order chi connectivity index (χ0) is 18.7. The van der Waals surface area contributed by atoms with E-state index in [-0.39, 0.29) is 30.7 Å². The molecule has 2 bridgehead atoms. The maximum Gasteiger partial charge on any atom is 0.224 e. The van der Waals surface area contributed by atoms with Gasteiger partial charge in [0.15, 0.2) is 0 Å². The number of halogens is 1. The summed E-state index contributed by atoms with van der Waals surface area (Å²) in [6.07, 6.45) is 3.37. The van der Waals surface area contributed by atoms with Crippen LogP contribution in [0.2, 0.25) is 0 Å². The van der Waals surface area contributed by atoms with Crippen LogP contribution in [0.4, 0.5) is 4.39 Å². The molecule has 1 aromatic carbocycles. The molecule has 144 valence electrons. The molecule has 0 spiro atoms. The van der Waals surface area contributed by atoms with Crippen molar-refractivity contribution in [1.82, 2.24) is 14.5 Å². The normalized spacial score (nSPS) is 23.8. The van der Waals surface area contributed by atoms with Gasteiger partial charge in [-0.15, -0.1) is 0 Å². The Balaban J connectivity index is 1.58. The summed E-state index contributed by atoms with van der Waals surface area (Å²) in [6.45, 7) is 3.37. The fraction of sp³-hybridized carbons (Fsp3) is 0.611. The van der Waals surface area contributed by atoms with Gasteiger partial charge in [-0.05, 0) is 36.5 Å². The topological polar surface area (TPSA) is 69.7 Å². The van der Waals surface area contributed by atoms with Crippen molar-refractivity contribution in [3.05, 3.63) is 35.6 Å². The molecule has 0 aliphatic carbocycles. The Hall–Kier alpha value is -1.51. The van der Waals surface area contributed by atoms with Crippen LogP contribution in [0.3, 0.4) is 0 Å². The summed E-state index contributed by atoms with van der Waals surface area (Å²) in [4.78, 5) is 16.8. The van der Waals surface area contributed by atoms with Crippen molar-refractivity contribution >= 4 is 15.9 Å². The van der Waals surface area contributed by atoms with Crippen molar-refractivity contribution in [2.75, 3.05) is 32.4 Å². The maximum atomic E-state index is 13.1. The van der Waals surface area contributed by atoms with Crippen molar-refractivity contribution in [1.29, 1.82) is 0 Å². The average Bonchev–Trinajstić information content (AvgIpc) is 2.86. The molecule has 6 nitrogen and oxygen atoms in total. The molecule has 3 aliphatic rings. The molecule has 2 atom stereocenters. The highest BCUT2D eigenvalue weighted by molar-refractivity contribution is 7.88. The van der Waals surface area contributed by atoms with Gasteiger partial charge in [0.2, 0.25) is 15.9 Å². The molecule has 0 unspecified atom stereocenters. The van der Waals surface area contributed by atoms with Gasteiger partial charge in [0.1, 0.15) is 5.82 Å². The number of benzene rings is 1. The lowest BCUT2D eigenvalue weighted by atomic mass is 9.95. The van der Waals surface area contributed by atoms with Gasteiger partial charge >= 0.3 is 0 Å². The molecule has 1 N–H and O–H groups in total. The third kappa shape index (κ3) is 5.25. The largest absolute Gasteiger partial charge is 0.338 e. The van der Waals surface area contributed by atoms with Crippen molar-refractivity contribution < 1.29 is 17.6 Å². The van der Waals surface area contributed by atoms with Crippen LogP contribution in [-0.4, -0.2) is 62.6 Å². The van der Waals surface area contributed by atoms with Crippen LogP contribution in [0.5, 0.6) is 0 Å². The molecule has 4 rings (SSSR count). The highest BCUT2D eigenvalue weighted by atomic mass is 32.2. The van der Waals surface area contributed by atoms with E-state index in [9.17, 15) is 17.6 Å². The summed E-state index contributed by atoms with van der Waals surface area (Å²) in [5.41, 5.74) is 1.07. The van der Waals surface area contributed by atoms with E-state index < -0.39 is 10.0 Å². The van der Waals surface area contributed by atoms with E-state index in [0.717, 1.165) is 50.8 Å². The number of hydrogen-bond acceptors (Lipinski definition) is 4. The minimum absolute atomic E-state index is 0.0134. The lowest BCUT2D eigenvalue weighted by Crippen LogP contribution is -2.48. The van der Waals surface area contributed by atoms with Crippen LogP contribution in [-0.2, 0) is 21.4 Å². The van der Waals surface area contributed by atoms with Crippen LogP contribution in [0, 0.1) is 11.7 Å². The zero-order valence-corrected chi connectivity index (χ0v) is 15.8. The molecule has 8 heteroatoms. The zero-order valence-electron chi connectivity index (χ0n) is 15.0. The first kappa shape index (κ1) is 19.3. The smallest absolute Gasteiger partial charge is 0.224 e. The minimum atomic E-state index is -3.27. The van der Waals surface area contributed by atoms with E-state index in [1.54, 1.807) is 0 Å². The second-order valence-corrected chi connectivity index (χ2v) is 9.21. The lowest BCUT2D eigenvalue weighted by Gasteiger charge is -2.36.